The quantitative estimate of drug-likeness (QED) is 0.158. The number of aliphatic carboxylic acids is 1. The van der Waals surface area contributed by atoms with E-state index in [1.165, 1.54) is 0 Å². The number of unbranched alkanes of at least 4 members (excludes halogenated alkanes) is 1. The molecule has 12 heteroatoms. The predicted molar refractivity (Wildman–Crippen MR) is 90.3 cm³/mol. The number of hydrogen-bond donors (Lipinski definition) is 7. The van der Waals surface area contributed by atoms with Crippen molar-refractivity contribution in [2.24, 2.45) is 17.2 Å². The van der Waals surface area contributed by atoms with Crippen LogP contribution in [0.15, 0.2) is 0 Å². The van der Waals surface area contributed by atoms with E-state index in [9.17, 15) is 24.0 Å². The third-order valence-electron chi connectivity index (χ3n) is 3.25. The second-order valence-electron chi connectivity index (χ2n) is 5.46. The van der Waals surface area contributed by atoms with Gasteiger partial charge in [0.05, 0.1) is 19.5 Å². The van der Waals surface area contributed by atoms with Crippen LogP contribution in [0, 0.1) is 0 Å². The van der Waals surface area contributed by atoms with Crippen LogP contribution in [-0.2, 0) is 24.0 Å². The first-order valence-corrected chi connectivity index (χ1v) is 7.98. The first-order chi connectivity index (χ1) is 12.2. The number of amides is 4. The molecule has 0 rings (SSSR count). The lowest BCUT2D eigenvalue weighted by atomic mass is 10.1. The van der Waals surface area contributed by atoms with E-state index in [0.29, 0.717) is 19.4 Å². The molecule has 0 fully saturated rings. The Balaban J connectivity index is 4.88. The Kier molecular flexibility index (Phi) is 11.3. The second-order valence-corrected chi connectivity index (χ2v) is 5.46. The first kappa shape index (κ1) is 23.3. The largest absolute Gasteiger partial charge is 0.480 e. The van der Waals surface area contributed by atoms with Crippen LogP contribution >= 0.6 is 0 Å². The summed E-state index contributed by atoms with van der Waals surface area (Å²) in [6.07, 6.45) is 0.699. The molecule has 0 aliphatic carbocycles. The van der Waals surface area contributed by atoms with E-state index in [1.54, 1.807) is 0 Å². The van der Waals surface area contributed by atoms with E-state index < -0.39 is 48.1 Å². The van der Waals surface area contributed by atoms with Gasteiger partial charge >= 0.3 is 5.97 Å². The lowest BCUT2D eigenvalue weighted by Crippen LogP contribution is -2.53. The van der Waals surface area contributed by atoms with Gasteiger partial charge in [0.2, 0.25) is 23.6 Å². The number of nitrogens with two attached hydrogens (primary N) is 3. The Labute approximate surface area is 150 Å². The summed E-state index contributed by atoms with van der Waals surface area (Å²) in [5.74, 6) is -4.31. The Morgan fingerprint density at radius 1 is 0.923 bits per heavy atom. The fourth-order valence-electron chi connectivity index (χ4n) is 1.93. The molecule has 0 aromatic heterocycles. The predicted octanol–water partition coefficient (Wildman–Crippen LogP) is -3.88. The van der Waals surface area contributed by atoms with Gasteiger partial charge in [0.1, 0.15) is 12.1 Å². The molecule has 0 aliphatic heterocycles. The van der Waals surface area contributed by atoms with Gasteiger partial charge in [0.25, 0.3) is 0 Å². The Morgan fingerprint density at radius 3 is 2.08 bits per heavy atom. The summed E-state index contributed by atoms with van der Waals surface area (Å²) < 4.78 is 0. The lowest BCUT2D eigenvalue weighted by Gasteiger charge is -2.21. The normalized spacial score (nSPS) is 12.5. The van der Waals surface area contributed by atoms with Gasteiger partial charge < -0.3 is 38.3 Å². The molecule has 148 valence electrons. The van der Waals surface area contributed by atoms with Crippen LogP contribution in [0.5, 0.6) is 0 Å². The van der Waals surface area contributed by atoms with E-state index in [2.05, 4.69) is 16.0 Å². The fraction of sp³-hybridized carbons (Fsp3) is 0.643. The van der Waals surface area contributed by atoms with Crippen LogP contribution in [0.3, 0.4) is 0 Å². The van der Waals surface area contributed by atoms with Crippen molar-refractivity contribution >= 4 is 29.6 Å². The molecule has 0 spiro atoms. The summed E-state index contributed by atoms with van der Waals surface area (Å²) in [6, 6.07) is -2.57. The van der Waals surface area contributed by atoms with Gasteiger partial charge in [-0.2, -0.15) is 0 Å². The van der Waals surface area contributed by atoms with E-state index >= 15 is 0 Å². The number of carbonyl (C=O) groups is 5. The van der Waals surface area contributed by atoms with Crippen molar-refractivity contribution in [3.8, 4) is 0 Å². The summed E-state index contributed by atoms with van der Waals surface area (Å²) >= 11 is 0. The molecule has 0 radical (unpaired) electrons. The minimum absolute atomic E-state index is 0.197. The standard InChI is InChI=1S/C14H26N6O6/c15-4-2-1-3-8(19-12(23)7-18-11(22)6-16)13(24)20-9(14(25)26)5-10(17)21/h8-9H,1-7,15-16H2,(H2,17,21)(H,18,22)(H,19,23)(H,20,24)(H,25,26). The van der Waals surface area contributed by atoms with Gasteiger partial charge in [0, 0.05) is 0 Å². The first-order valence-electron chi connectivity index (χ1n) is 7.98. The van der Waals surface area contributed by atoms with Crippen molar-refractivity contribution in [3.05, 3.63) is 0 Å². The summed E-state index contributed by atoms with van der Waals surface area (Å²) in [7, 11) is 0. The maximum Gasteiger partial charge on any atom is 0.326 e. The third-order valence-corrected chi connectivity index (χ3v) is 3.25. The van der Waals surface area contributed by atoms with Crippen molar-refractivity contribution in [1.82, 2.24) is 16.0 Å². The molecule has 0 saturated carbocycles. The van der Waals surface area contributed by atoms with Crippen molar-refractivity contribution < 1.29 is 29.1 Å². The van der Waals surface area contributed by atoms with Crippen molar-refractivity contribution in [2.45, 2.75) is 37.8 Å². The minimum Gasteiger partial charge on any atom is -0.480 e. The molecular weight excluding hydrogens is 348 g/mol. The van der Waals surface area contributed by atoms with E-state index in [0.717, 1.165) is 0 Å². The molecule has 0 heterocycles. The van der Waals surface area contributed by atoms with Gasteiger partial charge in [0.15, 0.2) is 0 Å². The molecule has 0 aromatic rings. The van der Waals surface area contributed by atoms with E-state index in [1.807, 2.05) is 0 Å². The van der Waals surface area contributed by atoms with Crippen LogP contribution < -0.4 is 33.2 Å². The zero-order valence-electron chi connectivity index (χ0n) is 14.3. The van der Waals surface area contributed by atoms with Crippen molar-refractivity contribution in [1.29, 1.82) is 0 Å². The molecule has 4 amide bonds. The van der Waals surface area contributed by atoms with Crippen LogP contribution in [-0.4, -0.2) is 66.4 Å². The van der Waals surface area contributed by atoms with Crippen LogP contribution in [0.2, 0.25) is 0 Å². The molecule has 0 saturated heterocycles. The number of hydrogen-bond acceptors (Lipinski definition) is 7. The highest BCUT2D eigenvalue weighted by Crippen LogP contribution is 2.03. The molecule has 2 atom stereocenters. The number of nitrogens with one attached hydrogen (secondary N) is 3. The number of carbonyl (C=O) groups excluding carboxylic acids is 4. The van der Waals surface area contributed by atoms with Crippen LogP contribution in [0.25, 0.3) is 0 Å². The fourth-order valence-corrected chi connectivity index (χ4v) is 1.93. The topological polar surface area (TPSA) is 220 Å². The molecule has 26 heavy (non-hydrogen) atoms. The molecule has 2 unspecified atom stereocenters. The highest BCUT2D eigenvalue weighted by atomic mass is 16.4. The zero-order chi connectivity index (χ0) is 20.1. The summed E-state index contributed by atoms with van der Waals surface area (Å²) in [6.45, 7) is -0.296. The average Bonchev–Trinajstić information content (AvgIpc) is 2.57. The monoisotopic (exact) mass is 374 g/mol. The van der Waals surface area contributed by atoms with Gasteiger partial charge in [-0.1, -0.05) is 0 Å². The highest BCUT2D eigenvalue weighted by molar-refractivity contribution is 5.93. The molecule has 0 bridgehead atoms. The van der Waals surface area contributed by atoms with Gasteiger partial charge in [-0.25, -0.2) is 4.79 Å². The maximum atomic E-state index is 12.3. The number of carboxylic acids is 1. The molecule has 0 aliphatic rings. The lowest BCUT2D eigenvalue weighted by molar-refractivity contribution is -0.143. The molecule has 0 aromatic carbocycles. The Hall–Kier alpha value is -2.73. The maximum absolute atomic E-state index is 12.3. The molecule has 12 nitrogen and oxygen atoms in total. The SMILES string of the molecule is NCCCCC(NC(=O)CNC(=O)CN)C(=O)NC(CC(N)=O)C(=O)O. The van der Waals surface area contributed by atoms with Gasteiger partial charge in [-0.15, -0.1) is 0 Å². The number of rotatable bonds is 13. The van der Waals surface area contributed by atoms with E-state index in [-0.39, 0.29) is 19.5 Å². The number of carboxylic acid groups (broad SMARTS) is 1. The van der Waals surface area contributed by atoms with Gasteiger partial charge in [-0.05, 0) is 25.8 Å². The average molecular weight is 374 g/mol. The smallest absolute Gasteiger partial charge is 0.326 e. The molecule has 10 N–H and O–H groups in total. The van der Waals surface area contributed by atoms with Gasteiger partial charge in [-0.3, -0.25) is 19.2 Å². The highest BCUT2D eigenvalue weighted by Gasteiger charge is 2.27. The van der Waals surface area contributed by atoms with Crippen molar-refractivity contribution in [2.75, 3.05) is 19.6 Å². The van der Waals surface area contributed by atoms with Crippen molar-refractivity contribution in [3.63, 3.8) is 0 Å². The Bertz CT molecular complexity index is 526. The summed E-state index contributed by atoms with van der Waals surface area (Å²) in [5, 5.41) is 15.8. The molecular formula is C14H26N6O6. The van der Waals surface area contributed by atoms with E-state index in [4.69, 9.17) is 22.3 Å². The Morgan fingerprint density at radius 2 is 1.58 bits per heavy atom. The third kappa shape index (κ3) is 10.2. The minimum atomic E-state index is -1.51. The number of primary amides is 1. The summed E-state index contributed by atoms with van der Waals surface area (Å²) in [4.78, 5) is 57.2. The van der Waals surface area contributed by atoms with Crippen LogP contribution in [0.1, 0.15) is 25.7 Å². The zero-order valence-corrected chi connectivity index (χ0v) is 14.3. The van der Waals surface area contributed by atoms with Crippen LogP contribution in [0.4, 0.5) is 0 Å². The second kappa shape index (κ2) is 12.6. The summed E-state index contributed by atoms with van der Waals surface area (Å²) in [5.41, 5.74) is 15.4.